The van der Waals surface area contributed by atoms with Crippen molar-refractivity contribution in [3.8, 4) is 5.75 Å². The largest absolute Gasteiger partial charge is 1.00 e. The SMILES string of the molecule is CCCCCCCCOS(=O)(=O)OCC(OCC)Oc1ccccc1.[H-].[Na+]. The van der Waals surface area contributed by atoms with Crippen molar-refractivity contribution in [1.29, 1.82) is 0 Å². The van der Waals surface area contributed by atoms with Crippen LogP contribution in [0.1, 0.15) is 53.8 Å². The van der Waals surface area contributed by atoms with Gasteiger partial charge in [0.15, 0.2) is 0 Å². The molecule has 8 heteroatoms. The van der Waals surface area contributed by atoms with Crippen LogP contribution in [0.25, 0.3) is 0 Å². The Hall–Kier alpha value is -0.150. The van der Waals surface area contributed by atoms with Gasteiger partial charge in [-0.15, -0.1) is 0 Å². The maximum Gasteiger partial charge on any atom is 1.00 e. The molecule has 0 saturated carbocycles. The zero-order chi connectivity index (χ0) is 18.4. The Bertz CT molecular complexity index is 544. The van der Waals surface area contributed by atoms with Crippen LogP contribution in [0.15, 0.2) is 30.3 Å². The molecule has 0 spiro atoms. The second-order valence-corrected chi connectivity index (χ2v) is 6.89. The molecule has 0 aliphatic carbocycles. The molecule has 0 saturated heterocycles. The van der Waals surface area contributed by atoms with E-state index in [1.807, 2.05) is 18.2 Å². The molecular formula is C18H31NaO6S. The predicted molar refractivity (Wildman–Crippen MR) is 97.8 cm³/mol. The first kappa shape index (κ1) is 25.9. The van der Waals surface area contributed by atoms with E-state index in [1.54, 1.807) is 19.1 Å². The Kier molecular flexibility index (Phi) is 15.8. The van der Waals surface area contributed by atoms with E-state index in [0.29, 0.717) is 18.8 Å². The van der Waals surface area contributed by atoms with Gasteiger partial charge >= 0.3 is 40.0 Å². The molecule has 0 heterocycles. The van der Waals surface area contributed by atoms with Gasteiger partial charge in [-0.2, -0.15) is 8.42 Å². The predicted octanol–water partition coefficient (Wildman–Crippen LogP) is 1.18. The molecule has 0 aliphatic heterocycles. The summed E-state index contributed by atoms with van der Waals surface area (Å²) in [6.07, 6.45) is 5.49. The number of hydrogen-bond donors (Lipinski definition) is 0. The van der Waals surface area contributed by atoms with Crippen molar-refractivity contribution in [2.45, 2.75) is 58.7 Å². The van der Waals surface area contributed by atoms with Crippen molar-refractivity contribution in [3.05, 3.63) is 30.3 Å². The number of unbranched alkanes of at least 4 members (excludes halogenated alkanes) is 5. The van der Waals surface area contributed by atoms with Gasteiger partial charge in [0.2, 0.25) is 6.29 Å². The van der Waals surface area contributed by atoms with Gasteiger partial charge in [0.25, 0.3) is 0 Å². The first-order chi connectivity index (χ1) is 12.1. The number of para-hydroxylation sites is 1. The summed E-state index contributed by atoms with van der Waals surface area (Å²) in [5, 5.41) is 0. The van der Waals surface area contributed by atoms with E-state index in [1.165, 1.54) is 19.3 Å². The Morgan fingerprint density at radius 2 is 1.62 bits per heavy atom. The molecule has 0 fully saturated rings. The molecule has 0 amide bonds. The van der Waals surface area contributed by atoms with Gasteiger partial charge in [-0.3, -0.25) is 0 Å². The first-order valence-corrected chi connectivity index (χ1v) is 10.3. The number of ether oxygens (including phenoxy) is 2. The fourth-order valence-electron chi connectivity index (χ4n) is 2.17. The van der Waals surface area contributed by atoms with Crippen molar-refractivity contribution in [2.75, 3.05) is 19.8 Å². The summed E-state index contributed by atoms with van der Waals surface area (Å²) < 4.78 is 44.2. The molecule has 1 aromatic carbocycles. The van der Waals surface area contributed by atoms with E-state index in [-0.39, 0.29) is 44.2 Å². The minimum Gasteiger partial charge on any atom is -1.00 e. The van der Waals surface area contributed by atoms with Gasteiger partial charge in [-0.05, 0) is 25.5 Å². The second kappa shape index (κ2) is 15.9. The van der Waals surface area contributed by atoms with Crippen molar-refractivity contribution in [2.24, 2.45) is 0 Å². The van der Waals surface area contributed by atoms with Gasteiger partial charge in [-0.1, -0.05) is 57.2 Å². The van der Waals surface area contributed by atoms with Crippen LogP contribution >= 0.6 is 0 Å². The smallest absolute Gasteiger partial charge is 1.00 e. The molecule has 1 unspecified atom stereocenters. The Labute approximate surface area is 181 Å². The first-order valence-electron chi connectivity index (χ1n) is 8.94. The summed E-state index contributed by atoms with van der Waals surface area (Å²) in [5.41, 5.74) is 0. The van der Waals surface area contributed by atoms with E-state index in [0.717, 1.165) is 12.8 Å². The average molecular weight is 398 g/mol. The van der Waals surface area contributed by atoms with Crippen molar-refractivity contribution >= 4 is 10.4 Å². The third kappa shape index (κ3) is 13.1. The summed E-state index contributed by atoms with van der Waals surface area (Å²) in [6, 6.07) is 9.02. The van der Waals surface area contributed by atoms with E-state index >= 15 is 0 Å². The zero-order valence-corrected chi connectivity index (χ0v) is 19.0. The van der Waals surface area contributed by atoms with Crippen molar-refractivity contribution in [3.63, 3.8) is 0 Å². The number of hydrogen-bond acceptors (Lipinski definition) is 6. The number of rotatable bonds is 15. The van der Waals surface area contributed by atoms with Crippen LogP contribution < -0.4 is 34.3 Å². The van der Waals surface area contributed by atoms with E-state index in [2.05, 4.69) is 6.92 Å². The average Bonchev–Trinajstić information content (AvgIpc) is 2.60. The van der Waals surface area contributed by atoms with E-state index in [9.17, 15) is 8.42 Å². The van der Waals surface area contributed by atoms with Crippen LogP contribution in [0.4, 0.5) is 0 Å². The molecule has 146 valence electrons. The summed E-state index contributed by atoms with van der Waals surface area (Å²) in [5.74, 6) is 0.579. The van der Waals surface area contributed by atoms with Gasteiger partial charge < -0.3 is 10.9 Å². The van der Waals surface area contributed by atoms with E-state index < -0.39 is 16.7 Å². The quantitative estimate of drug-likeness (QED) is 0.251. The maximum absolute atomic E-state index is 11.8. The molecular weight excluding hydrogens is 367 g/mol. The zero-order valence-electron chi connectivity index (χ0n) is 17.2. The van der Waals surface area contributed by atoms with Gasteiger partial charge in [0.05, 0.1) is 6.61 Å². The Balaban J connectivity index is 0. The molecule has 0 aliphatic rings. The number of benzene rings is 1. The normalized spacial score (nSPS) is 12.4. The maximum atomic E-state index is 11.8. The third-order valence-corrected chi connectivity index (χ3v) is 4.32. The molecule has 0 radical (unpaired) electrons. The molecule has 0 aromatic heterocycles. The molecule has 1 aromatic rings. The minimum atomic E-state index is -4.04. The van der Waals surface area contributed by atoms with Gasteiger partial charge in [0.1, 0.15) is 12.4 Å². The summed E-state index contributed by atoms with van der Waals surface area (Å²) >= 11 is 0. The molecule has 6 nitrogen and oxygen atoms in total. The molecule has 0 bridgehead atoms. The van der Waals surface area contributed by atoms with Crippen molar-refractivity contribution < 1.29 is 57.2 Å². The Morgan fingerprint density at radius 1 is 0.962 bits per heavy atom. The van der Waals surface area contributed by atoms with Crippen LogP contribution in [-0.4, -0.2) is 34.5 Å². The Morgan fingerprint density at radius 3 is 2.27 bits per heavy atom. The molecule has 26 heavy (non-hydrogen) atoms. The summed E-state index contributed by atoms with van der Waals surface area (Å²) in [6.45, 7) is 4.20. The molecule has 1 rings (SSSR count). The fraction of sp³-hybridized carbons (Fsp3) is 0.667. The van der Waals surface area contributed by atoms with Gasteiger partial charge in [-0.25, -0.2) is 8.37 Å². The summed E-state index contributed by atoms with van der Waals surface area (Å²) in [7, 11) is -4.04. The van der Waals surface area contributed by atoms with Crippen LogP contribution in [-0.2, 0) is 23.5 Å². The molecule has 0 N–H and O–H groups in total. The van der Waals surface area contributed by atoms with Crippen LogP contribution in [0.5, 0.6) is 5.75 Å². The van der Waals surface area contributed by atoms with Gasteiger partial charge in [0, 0.05) is 6.61 Å². The fourth-order valence-corrected chi connectivity index (χ4v) is 2.84. The van der Waals surface area contributed by atoms with Crippen LogP contribution in [0, 0.1) is 0 Å². The third-order valence-electron chi connectivity index (χ3n) is 3.44. The monoisotopic (exact) mass is 398 g/mol. The van der Waals surface area contributed by atoms with E-state index in [4.69, 9.17) is 17.8 Å². The topological polar surface area (TPSA) is 71.1 Å². The standard InChI is InChI=1S/C18H30O6S.Na.H/c1-3-5-6-7-8-12-15-22-25(19,20)23-16-18(21-4-2)24-17-13-10-9-11-14-17;;/h9-11,13-14,18H,3-8,12,15-16H2,1-2H3;;/q;+1;-1. The van der Waals surface area contributed by atoms with Crippen LogP contribution in [0.2, 0.25) is 0 Å². The summed E-state index contributed by atoms with van der Waals surface area (Å²) in [4.78, 5) is 0. The van der Waals surface area contributed by atoms with Crippen molar-refractivity contribution in [1.82, 2.24) is 0 Å². The van der Waals surface area contributed by atoms with Crippen LogP contribution in [0.3, 0.4) is 0 Å². The second-order valence-electron chi connectivity index (χ2n) is 5.60. The minimum absolute atomic E-state index is 0. The molecule has 1 atom stereocenters.